The third-order valence-electron chi connectivity index (χ3n) is 2.00. The van der Waals surface area contributed by atoms with Gasteiger partial charge in [0.25, 0.3) is 0 Å². The summed E-state index contributed by atoms with van der Waals surface area (Å²) in [6.07, 6.45) is 4.06. The minimum Gasteiger partial charge on any atom is -0.250 e. The predicted molar refractivity (Wildman–Crippen MR) is 63.9 cm³/mol. The summed E-state index contributed by atoms with van der Waals surface area (Å²) in [7, 11) is 1.91. The Morgan fingerprint density at radius 1 is 1.20 bits per heavy atom. The topological polar surface area (TPSA) is 30.7 Å². The smallest absolute Gasteiger partial charge is 0.157 e. The van der Waals surface area contributed by atoms with Gasteiger partial charge in [-0.25, -0.2) is 4.98 Å². The number of aryl methyl sites for hydroxylation is 2. The van der Waals surface area contributed by atoms with Gasteiger partial charge in [-0.05, 0) is 18.6 Å². The van der Waals surface area contributed by atoms with Crippen LogP contribution in [-0.4, -0.2) is 14.8 Å². The molecule has 0 aliphatic carbocycles. The Kier molecular flexibility index (Phi) is 4.28. The molecular weight excluding hydrogens is 186 g/mol. The highest BCUT2D eigenvalue weighted by atomic mass is 15.3. The Morgan fingerprint density at radius 3 is 2.47 bits per heavy atom. The average Bonchev–Trinajstić information content (AvgIpc) is 2.61. The molecule has 3 heteroatoms. The summed E-state index contributed by atoms with van der Waals surface area (Å²) in [5.74, 6) is 0. The van der Waals surface area contributed by atoms with Gasteiger partial charge in [-0.2, -0.15) is 5.10 Å². The van der Waals surface area contributed by atoms with Crippen molar-refractivity contribution in [3.63, 3.8) is 0 Å². The van der Waals surface area contributed by atoms with Crippen LogP contribution in [0.1, 0.15) is 32.9 Å². The molecule has 82 valence electrons. The normalized spacial score (nSPS) is 9.87. The highest BCUT2D eigenvalue weighted by Crippen LogP contribution is 2.10. The monoisotopic (exact) mass is 205 g/mol. The van der Waals surface area contributed by atoms with Crippen molar-refractivity contribution in [1.29, 1.82) is 0 Å². The van der Waals surface area contributed by atoms with Crippen LogP contribution in [0.25, 0.3) is 11.0 Å². The zero-order valence-corrected chi connectivity index (χ0v) is 9.99. The molecule has 0 fully saturated rings. The van der Waals surface area contributed by atoms with Crippen molar-refractivity contribution >= 4 is 11.0 Å². The fraction of sp³-hybridized carbons (Fsp3) is 0.500. The van der Waals surface area contributed by atoms with Crippen LogP contribution in [0.4, 0.5) is 0 Å². The van der Waals surface area contributed by atoms with E-state index in [4.69, 9.17) is 0 Å². The number of aromatic nitrogens is 3. The molecule has 0 atom stereocenters. The largest absolute Gasteiger partial charge is 0.250 e. The van der Waals surface area contributed by atoms with Gasteiger partial charge in [0.1, 0.15) is 0 Å². The number of hydrogen-bond donors (Lipinski definition) is 0. The molecule has 0 radical (unpaired) electrons. The summed E-state index contributed by atoms with van der Waals surface area (Å²) in [6, 6.07) is 4.11. The van der Waals surface area contributed by atoms with Crippen LogP contribution < -0.4 is 0 Å². The Morgan fingerprint density at radius 2 is 1.87 bits per heavy atom. The van der Waals surface area contributed by atoms with Crippen molar-refractivity contribution in [2.45, 2.75) is 33.6 Å². The molecule has 2 heterocycles. The van der Waals surface area contributed by atoms with E-state index in [-0.39, 0.29) is 0 Å². The van der Waals surface area contributed by atoms with Crippen LogP contribution in [0.5, 0.6) is 0 Å². The summed E-state index contributed by atoms with van der Waals surface area (Å²) >= 11 is 0. The maximum absolute atomic E-state index is 4.45. The van der Waals surface area contributed by atoms with Gasteiger partial charge in [-0.3, -0.25) is 4.68 Å². The van der Waals surface area contributed by atoms with Gasteiger partial charge in [0.2, 0.25) is 0 Å². The first-order chi connectivity index (χ1) is 7.22. The quantitative estimate of drug-likeness (QED) is 0.716. The number of nitrogens with zero attached hydrogens (tertiary/aromatic N) is 3. The van der Waals surface area contributed by atoms with E-state index in [1.807, 2.05) is 19.3 Å². The minimum atomic E-state index is 0.967. The molecule has 3 nitrogen and oxygen atoms in total. The predicted octanol–water partition coefficient (Wildman–Crippen LogP) is 2.95. The van der Waals surface area contributed by atoms with Crippen molar-refractivity contribution in [2.75, 3.05) is 0 Å². The molecular formula is C12H19N3. The van der Waals surface area contributed by atoms with Crippen LogP contribution in [0.15, 0.2) is 18.3 Å². The zero-order valence-electron chi connectivity index (χ0n) is 9.99. The molecule has 0 saturated heterocycles. The van der Waals surface area contributed by atoms with E-state index < -0.39 is 0 Å². The van der Waals surface area contributed by atoms with Gasteiger partial charge in [0.05, 0.1) is 6.20 Å². The molecule has 2 aromatic rings. The molecule has 0 amide bonds. The molecule has 0 bridgehead atoms. The highest BCUT2D eigenvalue weighted by Gasteiger charge is 2.00. The number of rotatable bonds is 1. The molecule has 0 unspecified atom stereocenters. The summed E-state index contributed by atoms with van der Waals surface area (Å²) in [5.41, 5.74) is 2.08. The second-order valence-corrected chi connectivity index (χ2v) is 3.54. The molecule has 15 heavy (non-hydrogen) atoms. The number of fused-ring (bicyclic) bond motifs is 1. The Bertz CT molecular complexity index is 418. The summed E-state index contributed by atoms with van der Waals surface area (Å²) < 4.78 is 1.80. The van der Waals surface area contributed by atoms with E-state index in [2.05, 4.69) is 36.9 Å². The average molecular weight is 205 g/mol. The van der Waals surface area contributed by atoms with Gasteiger partial charge in [0, 0.05) is 18.1 Å². The Balaban J connectivity index is 0.000000337. The van der Waals surface area contributed by atoms with Gasteiger partial charge < -0.3 is 0 Å². The maximum atomic E-state index is 4.45. The Hall–Kier alpha value is -1.38. The van der Waals surface area contributed by atoms with Crippen LogP contribution in [0.3, 0.4) is 0 Å². The standard InChI is InChI=1S/C9H11N3.C3H8/c1-3-8-5-4-7-6-10-12(2)9(7)11-8;1-3-2/h4-6H,3H2,1-2H3;3H2,1-2H3. The lowest BCUT2D eigenvalue weighted by molar-refractivity contribution is 0.783. The minimum absolute atomic E-state index is 0.967. The fourth-order valence-corrected chi connectivity index (χ4v) is 1.26. The number of pyridine rings is 1. The lowest BCUT2D eigenvalue weighted by Gasteiger charge is -1.96. The summed E-state index contributed by atoms with van der Waals surface area (Å²) in [6.45, 7) is 6.35. The van der Waals surface area contributed by atoms with E-state index in [0.29, 0.717) is 0 Å². The van der Waals surface area contributed by atoms with E-state index in [9.17, 15) is 0 Å². The first-order valence-electron chi connectivity index (χ1n) is 5.50. The van der Waals surface area contributed by atoms with Crippen molar-refractivity contribution < 1.29 is 0 Å². The van der Waals surface area contributed by atoms with E-state index >= 15 is 0 Å². The van der Waals surface area contributed by atoms with Crippen molar-refractivity contribution in [3.8, 4) is 0 Å². The number of hydrogen-bond acceptors (Lipinski definition) is 2. The van der Waals surface area contributed by atoms with Crippen molar-refractivity contribution in [3.05, 3.63) is 24.0 Å². The zero-order chi connectivity index (χ0) is 11.3. The van der Waals surface area contributed by atoms with Gasteiger partial charge >= 0.3 is 0 Å². The lowest BCUT2D eigenvalue weighted by Crippen LogP contribution is -1.94. The first-order valence-corrected chi connectivity index (χ1v) is 5.50. The van der Waals surface area contributed by atoms with Gasteiger partial charge in [-0.1, -0.05) is 27.2 Å². The fourth-order valence-electron chi connectivity index (χ4n) is 1.26. The molecule has 2 aromatic heterocycles. The summed E-state index contributed by atoms with van der Waals surface area (Å²) in [5, 5.41) is 5.23. The van der Waals surface area contributed by atoms with E-state index in [1.54, 1.807) is 4.68 Å². The molecule has 0 aliphatic rings. The van der Waals surface area contributed by atoms with Gasteiger partial charge in [-0.15, -0.1) is 0 Å². The van der Waals surface area contributed by atoms with E-state index in [1.165, 1.54) is 6.42 Å². The maximum Gasteiger partial charge on any atom is 0.157 e. The molecule has 0 aliphatic heterocycles. The van der Waals surface area contributed by atoms with Crippen LogP contribution in [0.2, 0.25) is 0 Å². The van der Waals surface area contributed by atoms with Crippen molar-refractivity contribution in [2.24, 2.45) is 7.05 Å². The first kappa shape index (κ1) is 11.7. The third kappa shape index (κ3) is 2.78. The van der Waals surface area contributed by atoms with Gasteiger partial charge in [0.15, 0.2) is 5.65 Å². The van der Waals surface area contributed by atoms with Crippen LogP contribution in [-0.2, 0) is 13.5 Å². The molecule has 0 spiro atoms. The second kappa shape index (κ2) is 5.49. The second-order valence-electron chi connectivity index (χ2n) is 3.54. The van der Waals surface area contributed by atoms with Crippen molar-refractivity contribution in [1.82, 2.24) is 14.8 Å². The molecule has 0 saturated carbocycles. The SMILES string of the molecule is CCC.CCc1ccc2cnn(C)c2n1. The highest BCUT2D eigenvalue weighted by molar-refractivity contribution is 5.74. The summed E-state index contributed by atoms with van der Waals surface area (Å²) in [4.78, 5) is 4.45. The lowest BCUT2D eigenvalue weighted by atomic mass is 10.2. The molecule has 0 N–H and O–H groups in total. The van der Waals surface area contributed by atoms with Crippen LogP contribution >= 0.6 is 0 Å². The van der Waals surface area contributed by atoms with E-state index in [0.717, 1.165) is 23.1 Å². The van der Waals surface area contributed by atoms with Crippen LogP contribution in [0, 0.1) is 0 Å². The molecule has 2 rings (SSSR count). The third-order valence-corrected chi connectivity index (χ3v) is 2.00. The Labute approximate surface area is 91.1 Å². The molecule has 0 aromatic carbocycles.